The number of amides is 1. The smallest absolute Gasteiger partial charge is 0.263 e. The summed E-state index contributed by atoms with van der Waals surface area (Å²) in [6.07, 6.45) is 8.52. The predicted octanol–water partition coefficient (Wildman–Crippen LogP) is 2.24. The van der Waals surface area contributed by atoms with Crippen LogP contribution in [0.4, 0.5) is 0 Å². The highest BCUT2D eigenvalue weighted by molar-refractivity contribution is 5.92. The Morgan fingerprint density at radius 3 is 2.35 bits per heavy atom. The molecule has 1 aromatic heterocycles. The van der Waals surface area contributed by atoms with E-state index in [-0.39, 0.29) is 11.1 Å². The summed E-state index contributed by atoms with van der Waals surface area (Å²) in [5.41, 5.74) is 5.66. The molecule has 1 saturated carbocycles. The molecular weight excluding hydrogens is 290 g/mol. The quantitative estimate of drug-likeness (QED) is 0.925. The van der Waals surface area contributed by atoms with E-state index in [9.17, 15) is 9.59 Å². The first kappa shape index (κ1) is 17.7. The summed E-state index contributed by atoms with van der Waals surface area (Å²) in [7, 11) is 0. The number of nitrogens with two attached hydrogens (primary N) is 1. The second kappa shape index (κ2) is 7.77. The highest BCUT2D eigenvalue weighted by Gasteiger charge is 2.39. The zero-order chi connectivity index (χ0) is 16.9. The van der Waals surface area contributed by atoms with Gasteiger partial charge in [-0.25, -0.2) is 0 Å². The minimum atomic E-state index is -0.653. The molecule has 5 heteroatoms. The Hall–Kier alpha value is -1.62. The molecule has 3 rings (SSSR count). The summed E-state index contributed by atoms with van der Waals surface area (Å²) >= 11 is 0. The fourth-order valence-electron chi connectivity index (χ4n) is 3.58. The molecule has 0 radical (unpaired) electrons. The molecule has 1 aromatic rings. The second-order valence-corrected chi connectivity index (χ2v) is 6.48. The topological polar surface area (TPSA) is 68.3 Å². The molecule has 1 aliphatic carbocycles. The van der Waals surface area contributed by atoms with Gasteiger partial charge >= 0.3 is 0 Å². The van der Waals surface area contributed by atoms with Crippen LogP contribution in [0.15, 0.2) is 23.1 Å². The summed E-state index contributed by atoms with van der Waals surface area (Å²) in [6, 6.07) is 3.20. The van der Waals surface area contributed by atoms with Gasteiger partial charge in [0.05, 0.1) is 0 Å². The molecule has 0 bridgehead atoms. The summed E-state index contributed by atoms with van der Waals surface area (Å²) in [5.74, 6) is -0.653. The second-order valence-electron chi connectivity index (χ2n) is 6.48. The Balaban J connectivity index is 0.000000924. The third-order valence-corrected chi connectivity index (χ3v) is 5.27. The number of piperidine rings is 1. The number of carbonyl (C=O) groups excluding carboxylic acids is 1. The SMILES string of the molecule is CC.NC(=O)c1cccn(CCN2CCC3(CCC3)CC2)c1=O. The number of primary amides is 1. The first-order valence-electron chi connectivity index (χ1n) is 8.81. The molecule has 1 spiro atoms. The van der Waals surface area contributed by atoms with E-state index in [2.05, 4.69) is 4.90 Å². The van der Waals surface area contributed by atoms with E-state index in [1.54, 1.807) is 16.8 Å². The van der Waals surface area contributed by atoms with Crippen LogP contribution >= 0.6 is 0 Å². The molecule has 23 heavy (non-hydrogen) atoms. The molecule has 128 valence electrons. The van der Waals surface area contributed by atoms with E-state index in [1.807, 2.05) is 13.8 Å². The first-order chi connectivity index (χ1) is 11.1. The largest absolute Gasteiger partial charge is 0.365 e. The van der Waals surface area contributed by atoms with Gasteiger partial charge in [-0.2, -0.15) is 0 Å². The lowest BCUT2D eigenvalue weighted by Gasteiger charge is -2.48. The molecule has 0 aromatic carbocycles. The van der Waals surface area contributed by atoms with E-state index in [0.29, 0.717) is 12.0 Å². The Bertz CT molecular complexity index is 580. The van der Waals surface area contributed by atoms with E-state index < -0.39 is 5.91 Å². The molecule has 0 atom stereocenters. The van der Waals surface area contributed by atoms with Crippen LogP contribution in [-0.2, 0) is 6.54 Å². The van der Waals surface area contributed by atoms with Gasteiger partial charge in [0.15, 0.2) is 0 Å². The fourth-order valence-corrected chi connectivity index (χ4v) is 3.58. The number of hydrogen-bond donors (Lipinski definition) is 1. The van der Waals surface area contributed by atoms with Crippen molar-refractivity contribution in [2.24, 2.45) is 11.1 Å². The third-order valence-electron chi connectivity index (χ3n) is 5.27. The number of nitrogens with zero attached hydrogens (tertiary/aromatic N) is 2. The number of aromatic nitrogens is 1. The Labute approximate surface area is 138 Å². The molecule has 0 unspecified atom stereocenters. The average Bonchev–Trinajstić information content (AvgIpc) is 2.54. The van der Waals surface area contributed by atoms with Crippen molar-refractivity contribution in [1.82, 2.24) is 9.47 Å². The standard InChI is InChI=1S/C16H23N3O2.C2H6/c17-14(20)13-3-1-8-19(15(13)21)12-11-18-9-6-16(7-10-18)4-2-5-16;1-2/h1,3,8H,2,4-7,9-12H2,(H2,17,20);1-2H3. The maximum atomic E-state index is 12.1. The van der Waals surface area contributed by atoms with E-state index in [0.717, 1.165) is 19.6 Å². The normalized spacial score (nSPS) is 19.6. The lowest BCUT2D eigenvalue weighted by molar-refractivity contribution is 0.0322. The van der Waals surface area contributed by atoms with E-state index in [4.69, 9.17) is 5.73 Å². The lowest BCUT2D eigenvalue weighted by Crippen LogP contribution is -2.44. The van der Waals surface area contributed by atoms with Crippen LogP contribution in [0, 0.1) is 5.41 Å². The van der Waals surface area contributed by atoms with Crippen LogP contribution in [0.2, 0.25) is 0 Å². The van der Waals surface area contributed by atoms with Crippen molar-refractivity contribution in [2.75, 3.05) is 19.6 Å². The number of pyridine rings is 1. The Kier molecular flexibility index (Phi) is 5.99. The molecular formula is C18H29N3O2. The number of rotatable bonds is 4. The van der Waals surface area contributed by atoms with Gasteiger partial charge in [-0.15, -0.1) is 0 Å². The fraction of sp³-hybridized carbons (Fsp3) is 0.667. The maximum absolute atomic E-state index is 12.1. The summed E-state index contributed by atoms with van der Waals surface area (Å²) in [6.45, 7) is 7.74. The van der Waals surface area contributed by atoms with Gasteiger partial charge < -0.3 is 15.2 Å². The lowest BCUT2D eigenvalue weighted by atomic mass is 9.63. The molecule has 5 nitrogen and oxygen atoms in total. The van der Waals surface area contributed by atoms with Gasteiger partial charge in [-0.05, 0) is 56.3 Å². The first-order valence-corrected chi connectivity index (χ1v) is 8.81. The molecule has 1 amide bonds. The van der Waals surface area contributed by atoms with Crippen LogP contribution in [0.25, 0.3) is 0 Å². The molecule has 1 aliphatic heterocycles. The zero-order valence-electron chi connectivity index (χ0n) is 14.4. The minimum Gasteiger partial charge on any atom is -0.365 e. The summed E-state index contributed by atoms with van der Waals surface area (Å²) in [4.78, 5) is 25.7. The minimum absolute atomic E-state index is 0.0737. The summed E-state index contributed by atoms with van der Waals surface area (Å²) < 4.78 is 1.59. The van der Waals surface area contributed by atoms with Crippen LogP contribution < -0.4 is 11.3 Å². The molecule has 2 N–H and O–H groups in total. The Morgan fingerprint density at radius 2 is 1.83 bits per heavy atom. The van der Waals surface area contributed by atoms with Crippen molar-refractivity contribution in [1.29, 1.82) is 0 Å². The molecule has 1 saturated heterocycles. The van der Waals surface area contributed by atoms with E-state index in [1.165, 1.54) is 38.2 Å². The molecule has 2 heterocycles. The molecule has 2 fully saturated rings. The monoisotopic (exact) mass is 319 g/mol. The van der Waals surface area contributed by atoms with Gasteiger partial charge in [0.2, 0.25) is 0 Å². The van der Waals surface area contributed by atoms with Crippen LogP contribution in [-0.4, -0.2) is 35.0 Å². The van der Waals surface area contributed by atoms with Crippen LogP contribution in [0.3, 0.4) is 0 Å². The van der Waals surface area contributed by atoms with Crippen molar-refractivity contribution in [3.8, 4) is 0 Å². The van der Waals surface area contributed by atoms with Gasteiger partial charge in [0.25, 0.3) is 11.5 Å². The third kappa shape index (κ3) is 4.02. The molecule has 2 aliphatic rings. The number of carbonyl (C=O) groups is 1. The highest BCUT2D eigenvalue weighted by Crippen LogP contribution is 2.48. The van der Waals surface area contributed by atoms with Crippen molar-refractivity contribution in [3.63, 3.8) is 0 Å². The Morgan fingerprint density at radius 1 is 1.17 bits per heavy atom. The van der Waals surface area contributed by atoms with Gasteiger partial charge in [-0.1, -0.05) is 20.3 Å². The van der Waals surface area contributed by atoms with Gasteiger partial charge in [0.1, 0.15) is 5.56 Å². The number of hydrogen-bond acceptors (Lipinski definition) is 3. The van der Waals surface area contributed by atoms with Gasteiger partial charge in [0, 0.05) is 19.3 Å². The van der Waals surface area contributed by atoms with Crippen LogP contribution in [0.5, 0.6) is 0 Å². The predicted molar refractivity (Wildman–Crippen MR) is 92.5 cm³/mol. The van der Waals surface area contributed by atoms with Gasteiger partial charge in [-0.3, -0.25) is 9.59 Å². The summed E-state index contributed by atoms with van der Waals surface area (Å²) in [5, 5.41) is 0. The van der Waals surface area contributed by atoms with Crippen molar-refractivity contribution in [3.05, 3.63) is 34.2 Å². The average molecular weight is 319 g/mol. The van der Waals surface area contributed by atoms with Crippen molar-refractivity contribution in [2.45, 2.75) is 52.5 Å². The number of likely N-dealkylation sites (tertiary alicyclic amines) is 1. The van der Waals surface area contributed by atoms with Crippen molar-refractivity contribution < 1.29 is 4.79 Å². The van der Waals surface area contributed by atoms with Crippen LogP contribution in [0.1, 0.15) is 56.3 Å². The van der Waals surface area contributed by atoms with Crippen molar-refractivity contribution >= 4 is 5.91 Å². The zero-order valence-corrected chi connectivity index (χ0v) is 14.4. The maximum Gasteiger partial charge on any atom is 0.263 e. The van der Waals surface area contributed by atoms with E-state index >= 15 is 0 Å². The highest BCUT2D eigenvalue weighted by atomic mass is 16.2.